The first-order valence-electron chi connectivity index (χ1n) is 16.2. The van der Waals surface area contributed by atoms with E-state index in [4.69, 9.17) is 4.42 Å². The molecule has 0 aliphatic rings. The molecule has 0 saturated heterocycles. The molecule has 0 aliphatic carbocycles. The first-order valence-corrected chi connectivity index (χ1v) is 16.2. The molecule has 9 aromatic carbocycles. The van der Waals surface area contributed by atoms with Crippen molar-refractivity contribution in [1.29, 1.82) is 0 Å². The standard InChI is InChI=1S/C46H28O/c1-2-15-31(16-3-1)42-32-17-6-4-13-29(32)25-27-39(42)44-36-21-10-8-19-34(36)43(35-20-9-11-22-37(35)44)38-23-12-24-41-45(38)40-28-26-30-14-5-7-18-33(30)46(40)47-41/h1-28H. The van der Waals surface area contributed by atoms with Gasteiger partial charge in [0.05, 0.1) is 0 Å². The molecule has 10 aromatic rings. The molecule has 0 spiro atoms. The van der Waals surface area contributed by atoms with Gasteiger partial charge in [-0.25, -0.2) is 0 Å². The summed E-state index contributed by atoms with van der Waals surface area (Å²) in [5.41, 5.74) is 9.28. The van der Waals surface area contributed by atoms with Crippen molar-refractivity contribution in [1.82, 2.24) is 0 Å². The zero-order valence-electron chi connectivity index (χ0n) is 25.6. The van der Waals surface area contributed by atoms with Gasteiger partial charge in [-0.05, 0) is 83.2 Å². The molecule has 0 saturated carbocycles. The molecule has 1 nitrogen and oxygen atoms in total. The van der Waals surface area contributed by atoms with Crippen LogP contribution in [0.15, 0.2) is 174 Å². The normalized spacial score (nSPS) is 11.8. The van der Waals surface area contributed by atoms with E-state index < -0.39 is 0 Å². The number of rotatable bonds is 3. The minimum atomic E-state index is 0.909. The quantitative estimate of drug-likeness (QED) is 0.185. The van der Waals surface area contributed by atoms with Crippen LogP contribution in [-0.4, -0.2) is 0 Å². The third-order valence-electron chi connectivity index (χ3n) is 9.85. The van der Waals surface area contributed by atoms with Crippen LogP contribution in [0.3, 0.4) is 0 Å². The van der Waals surface area contributed by atoms with Gasteiger partial charge in [0.2, 0.25) is 0 Å². The van der Waals surface area contributed by atoms with Crippen LogP contribution in [0.5, 0.6) is 0 Å². The molecule has 10 rings (SSSR count). The zero-order valence-corrected chi connectivity index (χ0v) is 25.6. The van der Waals surface area contributed by atoms with Gasteiger partial charge in [-0.2, -0.15) is 0 Å². The highest BCUT2D eigenvalue weighted by molar-refractivity contribution is 6.28. The number of benzene rings is 9. The molecule has 0 bridgehead atoms. The fraction of sp³-hybridized carbons (Fsp3) is 0. The number of fused-ring (bicyclic) bond motifs is 8. The molecule has 0 unspecified atom stereocenters. The first-order chi connectivity index (χ1) is 23.3. The smallest absolute Gasteiger partial charge is 0.143 e. The summed E-state index contributed by atoms with van der Waals surface area (Å²) < 4.78 is 6.65. The average molecular weight is 597 g/mol. The maximum atomic E-state index is 6.65. The summed E-state index contributed by atoms with van der Waals surface area (Å²) in [5.74, 6) is 0. The van der Waals surface area contributed by atoms with E-state index >= 15 is 0 Å². The highest BCUT2D eigenvalue weighted by atomic mass is 16.3. The van der Waals surface area contributed by atoms with Crippen LogP contribution < -0.4 is 0 Å². The van der Waals surface area contributed by atoms with E-state index in [-0.39, 0.29) is 0 Å². The van der Waals surface area contributed by atoms with Crippen LogP contribution in [0.4, 0.5) is 0 Å². The van der Waals surface area contributed by atoms with Gasteiger partial charge < -0.3 is 4.42 Å². The Hall–Kier alpha value is -6.18. The highest BCUT2D eigenvalue weighted by Gasteiger charge is 2.22. The van der Waals surface area contributed by atoms with Crippen molar-refractivity contribution in [2.45, 2.75) is 0 Å². The second kappa shape index (κ2) is 10.2. The molecule has 0 aliphatic heterocycles. The first kappa shape index (κ1) is 26.1. The molecule has 0 radical (unpaired) electrons. The van der Waals surface area contributed by atoms with E-state index in [9.17, 15) is 0 Å². The zero-order chi connectivity index (χ0) is 30.9. The molecule has 0 atom stereocenters. The van der Waals surface area contributed by atoms with Crippen LogP contribution in [0.1, 0.15) is 0 Å². The van der Waals surface area contributed by atoms with Crippen LogP contribution in [-0.2, 0) is 0 Å². The van der Waals surface area contributed by atoms with Crippen molar-refractivity contribution in [3.63, 3.8) is 0 Å². The van der Waals surface area contributed by atoms with Gasteiger partial charge in [0.1, 0.15) is 11.2 Å². The van der Waals surface area contributed by atoms with Crippen molar-refractivity contribution in [3.05, 3.63) is 170 Å². The Morgan fingerprint density at radius 2 is 0.830 bits per heavy atom. The Labute approximate surface area is 271 Å². The third-order valence-corrected chi connectivity index (χ3v) is 9.85. The summed E-state index contributed by atoms with van der Waals surface area (Å²) in [7, 11) is 0. The predicted molar refractivity (Wildman–Crippen MR) is 200 cm³/mol. The van der Waals surface area contributed by atoms with Crippen LogP contribution in [0.2, 0.25) is 0 Å². The Balaban J connectivity index is 1.36. The summed E-state index contributed by atoms with van der Waals surface area (Å²) in [6.45, 7) is 0. The molecule has 1 heteroatoms. The highest BCUT2D eigenvalue weighted by Crippen LogP contribution is 2.49. The molecule has 0 amide bonds. The lowest BCUT2D eigenvalue weighted by atomic mass is 9.82. The van der Waals surface area contributed by atoms with Gasteiger partial charge >= 0.3 is 0 Å². The van der Waals surface area contributed by atoms with Gasteiger partial charge in [0.15, 0.2) is 0 Å². The second-order valence-electron chi connectivity index (χ2n) is 12.4. The third kappa shape index (κ3) is 3.84. The van der Waals surface area contributed by atoms with E-state index in [2.05, 4.69) is 170 Å². The summed E-state index contributed by atoms with van der Waals surface area (Å²) >= 11 is 0. The minimum Gasteiger partial charge on any atom is -0.455 e. The molecule has 0 fully saturated rings. The Bertz CT molecular complexity index is 2780. The minimum absolute atomic E-state index is 0.909. The van der Waals surface area contributed by atoms with Gasteiger partial charge in [-0.15, -0.1) is 0 Å². The van der Waals surface area contributed by atoms with E-state index in [0.717, 1.165) is 27.3 Å². The molecule has 0 N–H and O–H groups in total. The van der Waals surface area contributed by atoms with Crippen LogP contribution >= 0.6 is 0 Å². The van der Waals surface area contributed by atoms with Gasteiger partial charge in [-0.3, -0.25) is 0 Å². The Morgan fingerprint density at radius 1 is 0.298 bits per heavy atom. The predicted octanol–water partition coefficient (Wildman–Crippen LogP) is 13.2. The van der Waals surface area contributed by atoms with Gasteiger partial charge in [-0.1, -0.05) is 158 Å². The monoisotopic (exact) mass is 596 g/mol. The molecule has 47 heavy (non-hydrogen) atoms. The molecule has 218 valence electrons. The van der Waals surface area contributed by atoms with Gasteiger partial charge in [0.25, 0.3) is 0 Å². The average Bonchev–Trinajstić information content (AvgIpc) is 3.54. The van der Waals surface area contributed by atoms with E-state index in [1.807, 2.05) is 0 Å². The van der Waals surface area contributed by atoms with Crippen molar-refractivity contribution >= 4 is 65.0 Å². The molecule has 1 heterocycles. The topological polar surface area (TPSA) is 13.1 Å². The number of hydrogen-bond donors (Lipinski definition) is 0. The van der Waals surface area contributed by atoms with Crippen LogP contribution in [0, 0.1) is 0 Å². The Morgan fingerprint density at radius 3 is 1.51 bits per heavy atom. The summed E-state index contributed by atoms with van der Waals surface area (Å²) in [6, 6.07) is 61.5. The summed E-state index contributed by atoms with van der Waals surface area (Å²) in [4.78, 5) is 0. The number of furan rings is 1. The van der Waals surface area contributed by atoms with Crippen molar-refractivity contribution < 1.29 is 4.42 Å². The van der Waals surface area contributed by atoms with E-state index in [1.54, 1.807) is 0 Å². The lowest BCUT2D eigenvalue weighted by molar-refractivity contribution is 0.673. The SMILES string of the molecule is c1ccc(-c2c(-c3c4ccccc4c(-c4cccc5oc6c7ccccc7ccc6c45)c4ccccc34)ccc3ccccc23)cc1. The Kier molecular flexibility index (Phi) is 5.64. The molecule has 1 aromatic heterocycles. The van der Waals surface area contributed by atoms with Crippen molar-refractivity contribution in [3.8, 4) is 33.4 Å². The lowest BCUT2D eigenvalue weighted by Crippen LogP contribution is -1.94. The van der Waals surface area contributed by atoms with Crippen molar-refractivity contribution in [2.75, 3.05) is 0 Å². The fourth-order valence-electron chi connectivity index (χ4n) is 7.87. The molecular weight excluding hydrogens is 569 g/mol. The van der Waals surface area contributed by atoms with E-state index in [0.29, 0.717) is 0 Å². The fourth-order valence-corrected chi connectivity index (χ4v) is 7.87. The maximum absolute atomic E-state index is 6.65. The second-order valence-corrected chi connectivity index (χ2v) is 12.4. The van der Waals surface area contributed by atoms with Crippen molar-refractivity contribution in [2.24, 2.45) is 0 Å². The summed E-state index contributed by atoms with van der Waals surface area (Å²) in [6.07, 6.45) is 0. The van der Waals surface area contributed by atoms with Gasteiger partial charge in [0, 0.05) is 16.2 Å². The number of hydrogen-bond acceptors (Lipinski definition) is 1. The van der Waals surface area contributed by atoms with Crippen LogP contribution in [0.25, 0.3) is 98.4 Å². The summed E-state index contributed by atoms with van der Waals surface area (Å²) in [5, 5.41) is 12.1. The maximum Gasteiger partial charge on any atom is 0.143 e. The lowest BCUT2D eigenvalue weighted by Gasteiger charge is -2.21. The molecular formula is C46H28O. The van der Waals surface area contributed by atoms with E-state index in [1.165, 1.54) is 71.1 Å². The largest absolute Gasteiger partial charge is 0.455 e.